The SMILES string of the molecule is CCOC(=O)C1=C(C)C(c2ccccc2C=CC(=O)OC(C)(C)C)C(C(=O)OCC)=C(C)N1. The van der Waals surface area contributed by atoms with Gasteiger partial charge >= 0.3 is 17.9 Å². The van der Waals surface area contributed by atoms with E-state index in [1.807, 2.05) is 24.3 Å². The Bertz CT molecular complexity index is 1010. The molecule has 1 heterocycles. The fourth-order valence-corrected chi connectivity index (χ4v) is 3.63. The van der Waals surface area contributed by atoms with Crippen molar-refractivity contribution >= 4 is 24.0 Å². The summed E-state index contributed by atoms with van der Waals surface area (Å²) in [6.45, 7) is 12.8. The molecule has 1 aliphatic heterocycles. The van der Waals surface area contributed by atoms with Crippen LogP contribution >= 0.6 is 0 Å². The molecule has 0 aliphatic carbocycles. The topological polar surface area (TPSA) is 90.9 Å². The third kappa shape index (κ3) is 6.57. The van der Waals surface area contributed by atoms with Crippen LogP contribution in [0.2, 0.25) is 0 Å². The van der Waals surface area contributed by atoms with Gasteiger partial charge in [-0.3, -0.25) is 0 Å². The minimum absolute atomic E-state index is 0.218. The van der Waals surface area contributed by atoms with Crippen molar-refractivity contribution < 1.29 is 28.6 Å². The number of carbonyl (C=O) groups excluding carboxylic acids is 3. The Labute approximate surface area is 195 Å². The van der Waals surface area contributed by atoms with Crippen molar-refractivity contribution in [2.45, 2.75) is 60.0 Å². The lowest BCUT2D eigenvalue weighted by Crippen LogP contribution is -2.33. The van der Waals surface area contributed by atoms with Crippen molar-refractivity contribution in [1.29, 1.82) is 0 Å². The highest BCUT2D eigenvalue weighted by atomic mass is 16.6. The number of dihydropyridines is 1. The molecule has 1 unspecified atom stereocenters. The minimum Gasteiger partial charge on any atom is -0.463 e. The van der Waals surface area contributed by atoms with Crippen molar-refractivity contribution in [2.24, 2.45) is 0 Å². The Hall–Kier alpha value is -3.35. The van der Waals surface area contributed by atoms with Gasteiger partial charge in [-0.25, -0.2) is 14.4 Å². The molecule has 33 heavy (non-hydrogen) atoms. The van der Waals surface area contributed by atoms with Crippen LogP contribution in [-0.2, 0) is 28.6 Å². The van der Waals surface area contributed by atoms with E-state index in [2.05, 4.69) is 5.32 Å². The predicted molar refractivity (Wildman–Crippen MR) is 126 cm³/mol. The fourth-order valence-electron chi connectivity index (χ4n) is 3.63. The second-order valence-corrected chi connectivity index (χ2v) is 8.59. The summed E-state index contributed by atoms with van der Waals surface area (Å²) in [5.74, 6) is -2.01. The summed E-state index contributed by atoms with van der Waals surface area (Å²) in [6.07, 6.45) is 3.01. The van der Waals surface area contributed by atoms with Gasteiger partial charge < -0.3 is 19.5 Å². The van der Waals surface area contributed by atoms with Crippen molar-refractivity contribution in [3.8, 4) is 0 Å². The number of hydrogen-bond acceptors (Lipinski definition) is 7. The van der Waals surface area contributed by atoms with Crippen molar-refractivity contribution in [3.05, 3.63) is 64.0 Å². The summed E-state index contributed by atoms with van der Waals surface area (Å²) in [7, 11) is 0. The third-order valence-electron chi connectivity index (χ3n) is 4.92. The second kappa shape index (κ2) is 11.0. The molecule has 1 aliphatic rings. The van der Waals surface area contributed by atoms with Gasteiger partial charge in [0, 0.05) is 17.7 Å². The standard InChI is InChI=1S/C26H33NO6/c1-8-31-24(29)22-17(4)27-23(25(30)32-9-2)16(3)21(22)19-13-11-10-12-18(19)14-15-20(28)33-26(5,6)7/h10-15,21,27H,8-9H2,1-7H3. The van der Waals surface area contributed by atoms with Gasteiger partial charge in [0.2, 0.25) is 0 Å². The van der Waals surface area contributed by atoms with E-state index < -0.39 is 29.4 Å². The molecule has 0 saturated heterocycles. The van der Waals surface area contributed by atoms with Crippen LogP contribution in [0.4, 0.5) is 0 Å². The van der Waals surface area contributed by atoms with E-state index in [9.17, 15) is 14.4 Å². The highest BCUT2D eigenvalue weighted by Gasteiger charge is 2.36. The van der Waals surface area contributed by atoms with Gasteiger partial charge in [0.05, 0.1) is 18.8 Å². The number of nitrogens with one attached hydrogen (secondary N) is 1. The van der Waals surface area contributed by atoms with Crippen LogP contribution in [0.1, 0.15) is 65.5 Å². The number of allylic oxidation sites excluding steroid dienone is 2. The number of esters is 3. The number of carbonyl (C=O) groups is 3. The zero-order valence-electron chi connectivity index (χ0n) is 20.4. The van der Waals surface area contributed by atoms with Crippen molar-refractivity contribution in [1.82, 2.24) is 5.32 Å². The van der Waals surface area contributed by atoms with Crippen LogP contribution in [-0.4, -0.2) is 36.7 Å². The van der Waals surface area contributed by atoms with Crippen LogP contribution < -0.4 is 5.32 Å². The maximum Gasteiger partial charge on any atom is 0.354 e. The van der Waals surface area contributed by atoms with Gasteiger partial charge in [-0.15, -0.1) is 0 Å². The Morgan fingerprint density at radius 2 is 1.61 bits per heavy atom. The molecule has 1 atom stereocenters. The minimum atomic E-state index is -0.610. The van der Waals surface area contributed by atoms with Crippen LogP contribution in [0.5, 0.6) is 0 Å². The number of rotatable bonds is 7. The summed E-state index contributed by atoms with van der Waals surface area (Å²) >= 11 is 0. The van der Waals surface area contributed by atoms with E-state index in [-0.39, 0.29) is 13.2 Å². The quantitative estimate of drug-likeness (QED) is 0.370. The highest BCUT2D eigenvalue weighted by molar-refractivity contribution is 5.97. The molecular weight excluding hydrogens is 422 g/mol. The van der Waals surface area contributed by atoms with Gasteiger partial charge in [0.1, 0.15) is 11.3 Å². The molecule has 2 rings (SSSR count). The lowest BCUT2D eigenvalue weighted by atomic mass is 9.79. The smallest absolute Gasteiger partial charge is 0.354 e. The lowest BCUT2D eigenvalue weighted by molar-refractivity contribution is -0.148. The largest absolute Gasteiger partial charge is 0.463 e. The summed E-state index contributed by atoms with van der Waals surface area (Å²) in [5.41, 5.74) is 2.69. The molecule has 0 radical (unpaired) electrons. The van der Waals surface area contributed by atoms with Crippen LogP contribution in [0.25, 0.3) is 6.08 Å². The van der Waals surface area contributed by atoms with Gasteiger partial charge in [-0.05, 0) is 71.2 Å². The molecule has 7 nitrogen and oxygen atoms in total. The summed E-state index contributed by atoms with van der Waals surface area (Å²) in [5, 5.41) is 3.03. The summed E-state index contributed by atoms with van der Waals surface area (Å²) in [6, 6.07) is 7.39. The fraction of sp³-hybridized carbons (Fsp3) is 0.423. The molecule has 0 amide bonds. The molecule has 178 valence electrons. The maximum atomic E-state index is 12.9. The number of ether oxygens (including phenoxy) is 3. The Morgan fingerprint density at radius 3 is 2.21 bits per heavy atom. The van der Waals surface area contributed by atoms with Crippen molar-refractivity contribution in [3.63, 3.8) is 0 Å². The summed E-state index contributed by atoms with van der Waals surface area (Å²) < 4.78 is 15.9. The molecule has 7 heteroatoms. The first-order chi connectivity index (χ1) is 15.5. The predicted octanol–water partition coefficient (Wildman–Crippen LogP) is 4.40. The average molecular weight is 456 g/mol. The number of hydrogen-bond donors (Lipinski definition) is 1. The van der Waals surface area contributed by atoms with E-state index in [0.29, 0.717) is 28.1 Å². The molecule has 0 fully saturated rings. The first-order valence-electron chi connectivity index (χ1n) is 11.0. The first-order valence-corrected chi connectivity index (χ1v) is 11.0. The lowest BCUT2D eigenvalue weighted by Gasteiger charge is -2.31. The zero-order chi connectivity index (χ0) is 24.8. The molecule has 0 bridgehead atoms. The molecule has 1 aromatic rings. The third-order valence-corrected chi connectivity index (χ3v) is 4.92. The Balaban J connectivity index is 2.61. The zero-order valence-corrected chi connectivity index (χ0v) is 20.4. The van der Waals surface area contributed by atoms with E-state index in [4.69, 9.17) is 14.2 Å². The van der Waals surface area contributed by atoms with Crippen molar-refractivity contribution in [2.75, 3.05) is 13.2 Å². The first kappa shape index (κ1) is 25.9. The molecule has 0 aromatic heterocycles. The average Bonchev–Trinajstić information content (AvgIpc) is 2.72. The Morgan fingerprint density at radius 1 is 1.00 bits per heavy atom. The van der Waals surface area contributed by atoms with E-state index >= 15 is 0 Å². The molecule has 0 saturated carbocycles. The van der Waals surface area contributed by atoms with Gasteiger partial charge in [0.15, 0.2) is 0 Å². The normalized spacial score (nSPS) is 16.5. The molecule has 0 spiro atoms. The van der Waals surface area contributed by atoms with Crippen LogP contribution in [0.15, 0.2) is 52.9 Å². The van der Waals surface area contributed by atoms with Gasteiger partial charge in [-0.1, -0.05) is 24.3 Å². The van der Waals surface area contributed by atoms with Gasteiger partial charge in [0.25, 0.3) is 0 Å². The highest BCUT2D eigenvalue weighted by Crippen LogP contribution is 2.40. The van der Waals surface area contributed by atoms with E-state index in [1.165, 1.54) is 6.08 Å². The molecular formula is C26H33NO6. The second-order valence-electron chi connectivity index (χ2n) is 8.59. The Kier molecular flexibility index (Phi) is 8.63. The van der Waals surface area contributed by atoms with E-state index in [0.717, 1.165) is 5.56 Å². The molecule has 1 aromatic carbocycles. The van der Waals surface area contributed by atoms with E-state index in [1.54, 1.807) is 54.5 Å². The molecule has 1 N–H and O–H groups in total. The number of benzene rings is 1. The monoisotopic (exact) mass is 455 g/mol. The van der Waals surface area contributed by atoms with Crippen LogP contribution in [0, 0.1) is 0 Å². The summed E-state index contributed by atoms with van der Waals surface area (Å²) in [4.78, 5) is 37.8. The van der Waals surface area contributed by atoms with Gasteiger partial charge in [-0.2, -0.15) is 0 Å². The van der Waals surface area contributed by atoms with Crippen LogP contribution in [0.3, 0.4) is 0 Å². The maximum absolute atomic E-state index is 12.9.